The van der Waals surface area contributed by atoms with E-state index in [2.05, 4.69) is 37.4 Å². The van der Waals surface area contributed by atoms with Crippen molar-refractivity contribution in [1.82, 2.24) is 5.32 Å². The zero-order valence-electron chi connectivity index (χ0n) is 10.8. The first kappa shape index (κ1) is 12.6. The fraction of sp³-hybridized carbons (Fsp3) is 0.600. The molecule has 0 amide bonds. The first-order chi connectivity index (χ1) is 8.16. The maximum Gasteiger partial charge on any atom is 0.107 e. The number of benzene rings is 1. The highest BCUT2D eigenvalue weighted by Crippen LogP contribution is 2.24. The number of nitrogens with one attached hydrogen (secondary N) is 1. The molecule has 1 unspecified atom stereocenters. The van der Waals surface area contributed by atoms with E-state index >= 15 is 0 Å². The molecule has 0 aliphatic carbocycles. The van der Waals surface area contributed by atoms with Gasteiger partial charge >= 0.3 is 0 Å². The Morgan fingerprint density at radius 2 is 2.00 bits per heavy atom. The van der Waals surface area contributed by atoms with Crippen LogP contribution in [0.25, 0.3) is 0 Å². The summed E-state index contributed by atoms with van der Waals surface area (Å²) in [5.74, 6) is 0.246. The predicted octanol–water partition coefficient (Wildman–Crippen LogP) is 3.18. The van der Waals surface area contributed by atoms with E-state index in [1.807, 2.05) is 0 Å². The van der Waals surface area contributed by atoms with E-state index in [1.54, 1.807) is 0 Å². The summed E-state index contributed by atoms with van der Waals surface area (Å²) in [5.41, 5.74) is 3.62. The van der Waals surface area contributed by atoms with E-state index in [9.17, 15) is 4.39 Å². The lowest BCUT2D eigenvalue weighted by molar-refractivity contribution is 0.187. The third kappa shape index (κ3) is 3.29. The highest BCUT2D eigenvalue weighted by molar-refractivity contribution is 5.31. The molecule has 0 saturated carbocycles. The molecule has 1 aliphatic rings. The minimum absolute atomic E-state index is 0.246. The van der Waals surface area contributed by atoms with E-state index in [1.165, 1.54) is 16.7 Å². The van der Waals surface area contributed by atoms with E-state index in [0.717, 1.165) is 25.9 Å². The van der Waals surface area contributed by atoms with Crippen LogP contribution in [-0.2, 0) is 6.42 Å². The lowest BCUT2D eigenvalue weighted by atomic mass is 9.88. The van der Waals surface area contributed by atoms with Crippen LogP contribution in [0.2, 0.25) is 0 Å². The van der Waals surface area contributed by atoms with E-state index in [4.69, 9.17) is 0 Å². The van der Waals surface area contributed by atoms with E-state index < -0.39 is 6.17 Å². The summed E-state index contributed by atoms with van der Waals surface area (Å²) >= 11 is 0. The van der Waals surface area contributed by atoms with Crippen molar-refractivity contribution in [3.05, 3.63) is 34.9 Å². The van der Waals surface area contributed by atoms with Crippen LogP contribution in [0.15, 0.2) is 18.2 Å². The van der Waals surface area contributed by atoms with Crippen LogP contribution < -0.4 is 5.32 Å². The van der Waals surface area contributed by atoms with Crippen molar-refractivity contribution in [2.75, 3.05) is 13.1 Å². The normalized spacial score (nSPS) is 19.2. The van der Waals surface area contributed by atoms with Crippen LogP contribution in [0.3, 0.4) is 0 Å². The summed E-state index contributed by atoms with van der Waals surface area (Å²) in [4.78, 5) is 0. The quantitative estimate of drug-likeness (QED) is 0.848. The first-order valence-electron chi connectivity index (χ1n) is 6.57. The molecule has 1 nitrogen and oxygen atoms in total. The molecule has 0 aromatic heterocycles. The topological polar surface area (TPSA) is 12.0 Å². The van der Waals surface area contributed by atoms with Crippen LogP contribution in [0, 0.1) is 19.8 Å². The number of halogens is 1. The maximum absolute atomic E-state index is 14.3. The second-order valence-corrected chi connectivity index (χ2v) is 5.24. The average molecular weight is 235 g/mol. The van der Waals surface area contributed by atoms with Gasteiger partial charge in [0.05, 0.1) is 0 Å². The van der Waals surface area contributed by atoms with Crippen molar-refractivity contribution in [1.29, 1.82) is 0 Å². The molecule has 0 radical (unpaired) electrons. The smallest absolute Gasteiger partial charge is 0.107 e. The monoisotopic (exact) mass is 235 g/mol. The molecule has 2 heteroatoms. The largest absolute Gasteiger partial charge is 0.317 e. The minimum Gasteiger partial charge on any atom is -0.317 e. The summed E-state index contributed by atoms with van der Waals surface area (Å²) < 4.78 is 14.3. The molecule has 1 aliphatic heterocycles. The Bertz CT molecular complexity index is 369. The summed E-state index contributed by atoms with van der Waals surface area (Å²) in [6.07, 6.45) is 1.86. The molecule has 17 heavy (non-hydrogen) atoms. The summed E-state index contributed by atoms with van der Waals surface area (Å²) in [7, 11) is 0. The van der Waals surface area contributed by atoms with Crippen molar-refractivity contribution in [3.8, 4) is 0 Å². The Balaban J connectivity index is 2.01. The Labute approximate surface area is 103 Å². The molecular weight excluding hydrogens is 213 g/mol. The fourth-order valence-electron chi connectivity index (χ4n) is 2.60. The van der Waals surface area contributed by atoms with Gasteiger partial charge in [-0.05, 0) is 56.8 Å². The van der Waals surface area contributed by atoms with Gasteiger partial charge in [-0.2, -0.15) is 0 Å². The molecule has 94 valence electrons. The molecule has 1 fully saturated rings. The standard InChI is InChI=1S/C15H22FN/c1-11-3-4-12(2)14(9-11)10-15(16)13-5-7-17-8-6-13/h3-4,9,13,15,17H,5-8,10H2,1-2H3. The van der Waals surface area contributed by atoms with Gasteiger partial charge in [0.2, 0.25) is 0 Å². The second kappa shape index (κ2) is 5.63. The number of rotatable bonds is 3. The molecule has 0 spiro atoms. The maximum atomic E-state index is 14.3. The van der Waals surface area contributed by atoms with Crippen molar-refractivity contribution < 1.29 is 4.39 Å². The molecular formula is C15H22FN. The summed E-state index contributed by atoms with van der Waals surface area (Å²) in [6.45, 7) is 6.08. The lowest BCUT2D eigenvalue weighted by Crippen LogP contribution is -2.33. The van der Waals surface area contributed by atoms with Gasteiger partial charge < -0.3 is 5.32 Å². The Morgan fingerprint density at radius 1 is 1.29 bits per heavy atom. The van der Waals surface area contributed by atoms with Gasteiger partial charge in [-0.25, -0.2) is 4.39 Å². The number of piperidine rings is 1. The third-order valence-corrected chi connectivity index (χ3v) is 3.81. The fourth-order valence-corrected chi connectivity index (χ4v) is 2.60. The molecule has 1 aromatic carbocycles. The van der Waals surface area contributed by atoms with Gasteiger partial charge in [0.25, 0.3) is 0 Å². The third-order valence-electron chi connectivity index (χ3n) is 3.81. The van der Waals surface area contributed by atoms with Crippen LogP contribution in [0.1, 0.15) is 29.5 Å². The Hall–Kier alpha value is -0.890. The molecule has 0 bridgehead atoms. The zero-order valence-corrected chi connectivity index (χ0v) is 10.8. The highest BCUT2D eigenvalue weighted by atomic mass is 19.1. The molecule has 1 aromatic rings. The number of hydrogen-bond acceptors (Lipinski definition) is 1. The van der Waals surface area contributed by atoms with Gasteiger partial charge in [0.15, 0.2) is 0 Å². The van der Waals surface area contributed by atoms with Crippen molar-refractivity contribution in [2.45, 2.75) is 39.3 Å². The first-order valence-corrected chi connectivity index (χ1v) is 6.57. The van der Waals surface area contributed by atoms with Crippen LogP contribution >= 0.6 is 0 Å². The Kier molecular flexibility index (Phi) is 4.16. The zero-order chi connectivity index (χ0) is 12.3. The van der Waals surface area contributed by atoms with E-state index in [0.29, 0.717) is 6.42 Å². The minimum atomic E-state index is -0.683. The SMILES string of the molecule is Cc1ccc(C)c(CC(F)C2CCNCC2)c1. The molecule has 1 atom stereocenters. The predicted molar refractivity (Wildman–Crippen MR) is 70.1 cm³/mol. The lowest BCUT2D eigenvalue weighted by Gasteiger charge is -2.26. The Morgan fingerprint density at radius 3 is 2.71 bits per heavy atom. The van der Waals surface area contributed by atoms with Crippen LogP contribution in [0.4, 0.5) is 4.39 Å². The number of aryl methyl sites for hydroxylation is 2. The number of hydrogen-bond donors (Lipinski definition) is 1. The van der Waals surface area contributed by atoms with Gasteiger partial charge in [-0.15, -0.1) is 0 Å². The van der Waals surface area contributed by atoms with Gasteiger partial charge in [0, 0.05) is 6.42 Å². The van der Waals surface area contributed by atoms with E-state index in [-0.39, 0.29) is 5.92 Å². The van der Waals surface area contributed by atoms with Crippen molar-refractivity contribution in [2.24, 2.45) is 5.92 Å². The summed E-state index contributed by atoms with van der Waals surface area (Å²) in [6, 6.07) is 6.32. The average Bonchev–Trinajstić information content (AvgIpc) is 2.35. The second-order valence-electron chi connectivity index (χ2n) is 5.24. The number of alkyl halides is 1. The molecule has 1 saturated heterocycles. The van der Waals surface area contributed by atoms with Gasteiger partial charge in [0.1, 0.15) is 6.17 Å². The molecule has 2 rings (SSSR count). The molecule has 1 N–H and O–H groups in total. The van der Waals surface area contributed by atoms with Crippen molar-refractivity contribution >= 4 is 0 Å². The highest BCUT2D eigenvalue weighted by Gasteiger charge is 2.23. The summed E-state index contributed by atoms with van der Waals surface area (Å²) in [5, 5.41) is 3.29. The van der Waals surface area contributed by atoms with Crippen LogP contribution in [0.5, 0.6) is 0 Å². The molecule has 1 heterocycles. The van der Waals surface area contributed by atoms with Crippen molar-refractivity contribution in [3.63, 3.8) is 0 Å². The van der Waals surface area contributed by atoms with Crippen LogP contribution in [-0.4, -0.2) is 19.3 Å². The van der Waals surface area contributed by atoms with Gasteiger partial charge in [-0.1, -0.05) is 23.8 Å². The van der Waals surface area contributed by atoms with Gasteiger partial charge in [-0.3, -0.25) is 0 Å².